The van der Waals surface area contributed by atoms with E-state index in [1.807, 2.05) is 26.8 Å². The highest BCUT2D eigenvalue weighted by Gasteiger charge is 2.19. The molecule has 0 saturated heterocycles. The van der Waals surface area contributed by atoms with Gasteiger partial charge in [-0.25, -0.2) is 4.39 Å². The van der Waals surface area contributed by atoms with Crippen LogP contribution in [-0.2, 0) is 0 Å². The lowest BCUT2D eigenvalue weighted by Gasteiger charge is -2.16. The molecule has 10 heteroatoms. The van der Waals surface area contributed by atoms with Crippen molar-refractivity contribution in [1.29, 1.82) is 0 Å². The fourth-order valence-electron chi connectivity index (χ4n) is 3.64. The molecule has 2 heterocycles. The standard InChI is InChI=1S/C25H26FN7O2/c1-14(2)24-30-31-32-33(24)19-12-17(20-7-6-15(3)10-21(20)26)11-18(13-19)25(34)27-16(4)22-8-9-23(35-5)29-28-22/h6-14,16H,1-5H3,(H,27,34)/t16-/m0/s1. The Hall–Kier alpha value is -4.21. The van der Waals surface area contributed by atoms with Gasteiger partial charge < -0.3 is 10.1 Å². The van der Waals surface area contributed by atoms with E-state index in [1.165, 1.54) is 13.2 Å². The van der Waals surface area contributed by atoms with E-state index in [0.29, 0.717) is 39.8 Å². The third-order valence-electron chi connectivity index (χ3n) is 5.53. The minimum atomic E-state index is -0.427. The van der Waals surface area contributed by atoms with Gasteiger partial charge in [-0.15, -0.1) is 15.3 Å². The fraction of sp³-hybridized carbons (Fsp3) is 0.280. The van der Waals surface area contributed by atoms with Crippen LogP contribution in [0.4, 0.5) is 4.39 Å². The van der Waals surface area contributed by atoms with Crippen LogP contribution in [0.15, 0.2) is 48.5 Å². The van der Waals surface area contributed by atoms with E-state index < -0.39 is 6.04 Å². The summed E-state index contributed by atoms with van der Waals surface area (Å²) in [6, 6.07) is 13.1. The van der Waals surface area contributed by atoms with E-state index in [1.54, 1.807) is 48.0 Å². The van der Waals surface area contributed by atoms with Crippen molar-refractivity contribution < 1.29 is 13.9 Å². The number of tetrazole rings is 1. The van der Waals surface area contributed by atoms with Gasteiger partial charge in [0.1, 0.15) is 5.82 Å². The van der Waals surface area contributed by atoms with Crippen molar-refractivity contribution in [3.05, 3.63) is 77.0 Å². The first kappa shape index (κ1) is 23.9. The van der Waals surface area contributed by atoms with Crippen LogP contribution in [0.3, 0.4) is 0 Å². The molecule has 0 spiro atoms. The molecular weight excluding hydrogens is 449 g/mol. The number of benzene rings is 2. The molecule has 0 aliphatic rings. The van der Waals surface area contributed by atoms with E-state index in [9.17, 15) is 9.18 Å². The van der Waals surface area contributed by atoms with Gasteiger partial charge in [0.05, 0.1) is 24.5 Å². The molecule has 0 bridgehead atoms. The highest BCUT2D eigenvalue weighted by atomic mass is 19.1. The first-order chi connectivity index (χ1) is 16.8. The highest BCUT2D eigenvalue weighted by molar-refractivity contribution is 5.96. The van der Waals surface area contributed by atoms with Crippen molar-refractivity contribution >= 4 is 5.91 Å². The molecule has 180 valence electrons. The second kappa shape index (κ2) is 9.96. The normalized spacial score (nSPS) is 12.0. The van der Waals surface area contributed by atoms with E-state index in [-0.39, 0.29) is 17.6 Å². The molecule has 0 unspecified atom stereocenters. The maximum Gasteiger partial charge on any atom is 0.251 e. The minimum Gasteiger partial charge on any atom is -0.480 e. The summed E-state index contributed by atoms with van der Waals surface area (Å²) in [7, 11) is 1.51. The largest absolute Gasteiger partial charge is 0.480 e. The number of rotatable bonds is 7. The molecule has 0 aliphatic carbocycles. The second-order valence-corrected chi connectivity index (χ2v) is 8.55. The Morgan fingerprint density at radius 3 is 2.49 bits per heavy atom. The number of methoxy groups -OCH3 is 1. The maximum absolute atomic E-state index is 14.9. The number of aryl methyl sites for hydroxylation is 1. The smallest absolute Gasteiger partial charge is 0.251 e. The van der Waals surface area contributed by atoms with E-state index in [4.69, 9.17) is 4.74 Å². The number of carbonyl (C=O) groups excluding carboxylic acids is 1. The molecule has 1 amide bonds. The summed E-state index contributed by atoms with van der Waals surface area (Å²) in [5.41, 5.74) is 3.17. The van der Waals surface area contributed by atoms with Gasteiger partial charge in [-0.3, -0.25) is 4.79 Å². The molecule has 1 atom stereocenters. The fourth-order valence-corrected chi connectivity index (χ4v) is 3.64. The molecule has 4 aromatic rings. The quantitative estimate of drug-likeness (QED) is 0.427. The van der Waals surface area contributed by atoms with Crippen molar-refractivity contribution in [2.45, 2.75) is 39.7 Å². The third-order valence-corrected chi connectivity index (χ3v) is 5.53. The summed E-state index contributed by atoms with van der Waals surface area (Å²) in [5.74, 6) is 0.309. The Morgan fingerprint density at radius 2 is 1.83 bits per heavy atom. The predicted molar refractivity (Wildman–Crippen MR) is 128 cm³/mol. The first-order valence-electron chi connectivity index (χ1n) is 11.2. The van der Waals surface area contributed by atoms with Crippen LogP contribution >= 0.6 is 0 Å². The lowest BCUT2D eigenvalue weighted by Crippen LogP contribution is -2.27. The summed E-state index contributed by atoms with van der Waals surface area (Å²) >= 11 is 0. The van der Waals surface area contributed by atoms with E-state index >= 15 is 0 Å². The van der Waals surface area contributed by atoms with Crippen molar-refractivity contribution in [2.75, 3.05) is 7.11 Å². The number of hydrogen-bond acceptors (Lipinski definition) is 7. The molecule has 4 rings (SSSR count). The van der Waals surface area contributed by atoms with Gasteiger partial charge in [-0.1, -0.05) is 26.0 Å². The summed E-state index contributed by atoms with van der Waals surface area (Å²) in [5, 5.41) is 23.0. The molecule has 2 aromatic carbocycles. The summed E-state index contributed by atoms with van der Waals surface area (Å²) in [6.45, 7) is 7.56. The molecule has 0 radical (unpaired) electrons. The summed E-state index contributed by atoms with van der Waals surface area (Å²) in [4.78, 5) is 13.3. The molecular formula is C25H26FN7O2. The number of nitrogens with one attached hydrogen (secondary N) is 1. The van der Waals surface area contributed by atoms with Crippen LogP contribution < -0.4 is 10.1 Å². The lowest BCUT2D eigenvalue weighted by atomic mass is 9.99. The van der Waals surface area contributed by atoms with Crippen LogP contribution in [0, 0.1) is 12.7 Å². The van der Waals surface area contributed by atoms with Crippen molar-refractivity contribution in [1.82, 2.24) is 35.7 Å². The minimum absolute atomic E-state index is 0.0377. The van der Waals surface area contributed by atoms with Gasteiger partial charge >= 0.3 is 0 Å². The van der Waals surface area contributed by atoms with Gasteiger partial charge in [0.25, 0.3) is 5.91 Å². The molecule has 0 aliphatic heterocycles. The Bertz CT molecular complexity index is 1350. The summed E-state index contributed by atoms with van der Waals surface area (Å²) in [6.07, 6.45) is 0. The number of halogens is 1. The number of ether oxygens (including phenoxy) is 1. The van der Waals surface area contributed by atoms with Gasteiger partial charge in [0.15, 0.2) is 5.82 Å². The second-order valence-electron chi connectivity index (χ2n) is 8.55. The predicted octanol–water partition coefficient (Wildman–Crippen LogP) is 4.19. The first-order valence-corrected chi connectivity index (χ1v) is 11.2. The third kappa shape index (κ3) is 5.16. The molecule has 0 saturated carbocycles. The number of carbonyl (C=O) groups is 1. The molecule has 35 heavy (non-hydrogen) atoms. The summed E-state index contributed by atoms with van der Waals surface area (Å²) < 4.78 is 21.5. The molecule has 2 aromatic heterocycles. The SMILES string of the molecule is COc1ccc([C@H](C)NC(=O)c2cc(-c3ccc(C)cc3F)cc(-n3nnnc3C(C)C)c2)nn1. The van der Waals surface area contributed by atoms with Crippen LogP contribution in [0.25, 0.3) is 16.8 Å². The van der Waals surface area contributed by atoms with Crippen molar-refractivity contribution in [3.63, 3.8) is 0 Å². The average molecular weight is 476 g/mol. The number of hydrogen-bond donors (Lipinski definition) is 1. The zero-order valence-electron chi connectivity index (χ0n) is 20.2. The van der Waals surface area contributed by atoms with Crippen LogP contribution in [0.2, 0.25) is 0 Å². The maximum atomic E-state index is 14.9. The number of nitrogens with zero attached hydrogens (tertiary/aromatic N) is 6. The Morgan fingerprint density at radius 1 is 1.03 bits per heavy atom. The Kier molecular flexibility index (Phi) is 6.81. The van der Waals surface area contributed by atoms with E-state index in [2.05, 4.69) is 31.0 Å². The highest BCUT2D eigenvalue weighted by Crippen LogP contribution is 2.28. The van der Waals surface area contributed by atoms with Gasteiger partial charge in [-0.2, -0.15) is 4.68 Å². The lowest BCUT2D eigenvalue weighted by molar-refractivity contribution is 0.0939. The van der Waals surface area contributed by atoms with Crippen LogP contribution in [0.5, 0.6) is 5.88 Å². The zero-order chi connectivity index (χ0) is 25.1. The van der Waals surface area contributed by atoms with Gasteiger partial charge in [-0.05, 0) is 65.7 Å². The Labute approximate surface area is 202 Å². The van der Waals surface area contributed by atoms with Crippen molar-refractivity contribution in [3.8, 4) is 22.7 Å². The van der Waals surface area contributed by atoms with Crippen LogP contribution in [0.1, 0.15) is 60.2 Å². The van der Waals surface area contributed by atoms with Crippen LogP contribution in [-0.4, -0.2) is 43.4 Å². The monoisotopic (exact) mass is 475 g/mol. The van der Waals surface area contributed by atoms with Gasteiger partial charge in [0, 0.05) is 23.1 Å². The molecule has 1 N–H and O–H groups in total. The zero-order valence-corrected chi connectivity index (χ0v) is 20.2. The van der Waals surface area contributed by atoms with E-state index in [0.717, 1.165) is 5.56 Å². The Balaban J connectivity index is 1.74. The number of aromatic nitrogens is 6. The topological polar surface area (TPSA) is 108 Å². The number of amides is 1. The van der Waals surface area contributed by atoms with Crippen molar-refractivity contribution in [2.24, 2.45) is 0 Å². The molecule has 9 nitrogen and oxygen atoms in total. The average Bonchev–Trinajstić information content (AvgIpc) is 3.34. The van der Waals surface area contributed by atoms with Gasteiger partial charge in [0.2, 0.25) is 5.88 Å². The molecule has 0 fully saturated rings.